The normalized spacial score (nSPS) is 10.4. The van der Waals surface area contributed by atoms with Gasteiger partial charge in [0.15, 0.2) is 0 Å². The highest BCUT2D eigenvalue weighted by molar-refractivity contribution is 5.94. The van der Waals surface area contributed by atoms with E-state index >= 15 is 0 Å². The number of amides is 1. The smallest absolute Gasteiger partial charge is 0.248 e. The Balaban J connectivity index is 2.58. The van der Waals surface area contributed by atoms with E-state index in [0.29, 0.717) is 11.1 Å². The molecular formula is C14H11F2NO. The molecule has 0 unspecified atom stereocenters. The molecule has 1 amide bonds. The molecule has 0 aliphatic rings. The fourth-order valence-corrected chi connectivity index (χ4v) is 1.71. The minimum Gasteiger partial charge on any atom is -0.366 e. The lowest BCUT2D eigenvalue weighted by molar-refractivity contribution is 0.100. The molecule has 4 heteroatoms. The van der Waals surface area contributed by atoms with Crippen LogP contribution in [0.15, 0.2) is 36.4 Å². The Morgan fingerprint density at radius 3 is 2.33 bits per heavy atom. The number of aryl methyl sites for hydroxylation is 1. The highest BCUT2D eigenvalue weighted by atomic mass is 19.1. The first-order valence-corrected chi connectivity index (χ1v) is 5.35. The molecule has 0 spiro atoms. The van der Waals surface area contributed by atoms with Gasteiger partial charge in [-0.1, -0.05) is 6.07 Å². The van der Waals surface area contributed by atoms with E-state index in [1.54, 1.807) is 6.92 Å². The standard InChI is InChI=1S/C14H11F2NO/c1-8-6-9(2-4-12(8)15)11-7-10(14(17)18)3-5-13(11)16/h2-7H,1H3,(H2,17,18). The van der Waals surface area contributed by atoms with Gasteiger partial charge in [-0.3, -0.25) is 4.79 Å². The summed E-state index contributed by atoms with van der Waals surface area (Å²) in [6.45, 7) is 1.59. The molecule has 2 aromatic carbocycles. The van der Waals surface area contributed by atoms with Crippen LogP contribution >= 0.6 is 0 Å². The summed E-state index contributed by atoms with van der Waals surface area (Å²) in [6, 6.07) is 8.11. The summed E-state index contributed by atoms with van der Waals surface area (Å²) in [4.78, 5) is 11.1. The van der Waals surface area contributed by atoms with Crippen LogP contribution in [0.3, 0.4) is 0 Å². The molecule has 0 heterocycles. The molecule has 0 radical (unpaired) electrons. The molecule has 18 heavy (non-hydrogen) atoms. The molecule has 92 valence electrons. The van der Waals surface area contributed by atoms with Crippen molar-refractivity contribution in [3.05, 3.63) is 59.2 Å². The number of rotatable bonds is 2. The first-order valence-electron chi connectivity index (χ1n) is 5.35. The van der Waals surface area contributed by atoms with Gasteiger partial charge in [-0.15, -0.1) is 0 Å². The molecule has 2 aromatic rings. The molecule has 0 fully saturated rings. The maximum Gasteiger partial charge on any atom is 0.248 e. The molecule has 0 atom stereocenters. The van der Waals surface area contributed by atoms with Crippen LogP contribution in [0, 0.1) is 18.6 Å². The molecule has 0 aliphatic carbocycles. The molecule has 0 bridgehead atoms. The van der Waals surface area contributed by atoms with Crippen molar-refractivity contribution < 1.29 is 13.6 Å². The molecule has 0 aromatic heterocycles. The number of hydrogen-bond acceptors (Lipinski definition) is 1. The largest absolute Gasteiger partial charge is 0.366 e. The summed E-state index contributed by atoms with van der Waals surface area (Å²) in [6.07, 6.45) is 0. The van der Waals surface area contributed by atoms with Crippen LogP contribution in [-0.2, 0) is 0 Å². The third kappa shape index (κ3) is 2.22. The van der Waals surface area contributed by atoms with Crippen LogP contribution in [0.5, 0.6) is 0 Å². The predicted molar refractivity (Wildman–Crippen MR) is 65.0 cm³/mol. The second kappa shape index (κ2) is 4.56. The minimum absolute atomic E-state index is 0.216. The SMILES string of the molecule is Cc1cc(-c2cc(C(N)=O)ccc2F)ccc1F. The van der Waals surface area contributed by atoms with Gasteiger partial charge in [0.25, 0.3) is 0 Å². The molecule has 0 saturated carbocycles. The molecule has 2 N–H and O–H groups in total. The van der Waals surface area contributed by atoms with Crippen molar-refractivity contribution in [1.82, 2.24) is 0 Å². The van der Waals surface area contributed by atoms with E-state index in [0.717, 1.165) is 0 Å². The average molecular weight is 247 g/mol. The topological polar surface area (TPSA) is 43.1 Å². The number of halogens is 2. The highest BCUT2D eigenvalue weighted by Crippen LogP contribution is 2.25. The maximum absolute atomic E-state index is 13.7. The van der Waals surface area contributed by atoms with Gasteiger partial charge in [-0.2, -0.15) is 0 Å². The van der Waals surface area contributed by atoms with Crippen LogP contribution in [0.25, 0.3) is 11.1 Å². The summed E-state index contributed by atoms with van der Waals surface area (Å²) in [7, 11) is 0. The van der Waals surface area contributed by atoms with Crippen molar-refractivity contribution in [3.63, 3.8) is 0 Å². The van der Waals surface area contributed by atoms with Crippen LogP contribution < -0.4 is 5.73 Å². The number of carbonyl (C=O) groups excluding carboxylic acids is 1. The van der Waals surface area contributed by atoms with Gasteiger partial charge >= 0.3 is 0 Å². The summed E-state index contributed by atoms with van der Waals surface area (Å²) in [5.74, 6) is -1.47. The summed E-state index contributed by atoms with van der Waals surface area (Å²) >= 11 is 0. The van der Waals surface area contributed by atoms with E-state index in [4.69, 9.17) is 5.73 Å². The van der Waals surface area contributed by atoms with Crippen LogP contribution in [0.1, 0.15) is 15.9 Å². The van der Waals surface area contributed by atoms with Crippen LogP contribution in [0.2, 0.25) is 0 Å². The molecule has 0 saturated heterocycles. The maximum atomic E-state index is 13.7. The molecular weight excluding hydrogens is 236 g/mol. The van der Waals surface area contributed by atoms with Crippen molar-refractivity contribution in [2.75, 3.05) is 0 Å². The van der Waals surface area contributed by atoms with Gasteiger partial charge in [-0.05, 0) is 48.4 Å². The zero-order valence-electron chi connectivity index (χ0n) is 9.71. The van der Waals surface area contributed by atoms with Crippen molar-refractivity contribution in [1.29, 1.82) is 0 Å². The Labute approximate surface area is 103 Å². The molecule has 2 nitrogen and oxygen atoms in total. The van der Waals surface area contributed by atoms with Crippen LogP contribution in [0.4, 0.5) is 8.78 Å². The predicted octanol–water partition coefficient (Wildman–Crippen LogP) is 3.04. The van der Waals surface area contributed by atoms with E-state index in [-0.39, 0.29) is 16.9 Å². The lowest BCUT2D eigenvalue weighted by Crippen LogP contribution is -2.11. The Bertz CT molecular complexity index is 623. The van der Waals surface area contributed by atoms with E-state index in [2.05, 4.69) is 0 Å². The summed E-state index contributed by atoms with van der Waals surface area (Å²) in [5, 5.41) is 0. The summed E-state index contributed by atoms with van der Waals surface area (Å²) in [5.41, 5.74) is 6.51. The third-order valence-corrected chi connectivity index (χ3v) is 2.72. The number of carbonyl (C=O) groups is 1. The number of benzene rings is 2. The molecule has 0 aliphatic heterocycles. The fourth-order valence-electron chi connectivity index (χ4n) is 1.71. The van der Waals surface area contributed by atoms with Gasteiger partial charge in [0.1, 0.15) is 11.6 Å². The Kier molecular flexibility index (Phi) is 3.10. The van der Waals surface area contributed by atoms with E-state index in [9.17, 15) is 13.6 Å². The average Bonchev–Trinajstić information content (AvgIpc) is 2.33. The Morgan fingerprint density at radius 1 is 1.06 bits per heavy atom. The van der Waals surface area contributed by atoms with E-state index in [1.165, 1.54) is 36.4 Å². The van der Waals surface area contributed by atoms with Gasteiger partial charge in [-0.25, -0.2) is 8.78 Å². The number of nitrogens with two attached hydrogens (primary N) is 1. The first-order chi connectivity index (χ1) is 8.49. The lowest BCUT2D eigenvalue weighted by Gasteiger charge is -2.07. The Morgan fingerprint density at radius 2 is 1.72 bits per heavy atom. The summed E-state index contributed by atoms with van der Waals surface area (Å²) < 4.78 is 26.9. The van der Waals surface area contributed by atoms with Crippen LogP contribution in [-0.4, -0.2) is 5.91 Å². The quantitative estimate of drug-likeness (QED) is 0.870. The first kappa shape index (κ1) is 12.2. The third-order valence-electron chi connectivity index (χ3n) is 2.72. The molecule has 2 rings (SSSR count). The zero-order chi connectivity index (χ0) is 13.3. The monoisotopic (exact) mass is 247 g/mol. The van der Waals surface area contributed by atoms with Crippen molar-refractivity contribution in [2.45, 2.75) is 6.92 Å². The highest BCUT2D eigenvalue weighted by Gasteiger charge is 2.10. The zero-order valence-corrected chi connectivity index (χ0v) is 9.71. The number of primary amides is 1. The van der Waals surface area contributed by atoms with Gasteiger partial charge in [0.2, 0.25) is 5.91 Å². The van der Waals surface area contributed by atoms with Crippen molar-refractivity contribution >= 4 is 5.91 Å². The lowest BCUT2D eigenvalue weighted by atomic mass is 10.0. The second-order valence-corrected chi connectivity index (χ2v) is 4.02. The second-order valence-electron chi connectivity index (χ2n) is 4.02. The minimum atomic E-state index is -0.630. The van der Waals surface area contributed by atoms with Crippen molar-refractivity contribution in [3.8, 4) is 11.1 Å². The Hall–Kier alpha value is -2.23. The number of hydrogen-bond donors (Lipinski definition) is 1. The van der Waals surface area contributed by atoms with E-state index < -0.39 is 11.7 Å². The van der Waals surface area contributed by atoms with E-state index in [1.807, 2.05) is 0 Å². The fraction of sp³-hybridized carbons (Fsp3) is 0.0714. The van der Waals surface area contributed by atoms with Gasteiger partial charge in [0.05, 0.1) is 0 Å². The van der Waals surface area contributed by atoms with Gasteiger partial charge < -0.3 is 5.73 Å². The van der Waals surface area contributed by atoms with Gasteiger partial charge in [0, 0.05) is 11.1 Å². The van der Waals surface area contributed by atoms with Crippen molar-refractivity contribution in [2.24, 2.45) is 5.73 Å².